The molecule has 0 unspecified atom stereocenters. The van der Waals surface area contributed by atoms with E-state index in [2.05, 4.69) is 31.1 Å². The monoisotopic (exact) mass is 432 g/mol. The molecule has 0 amide bonds. The lowest BCUT2D eigenvalue weighted by molar-refractivity contribution is 0.248. The summed E-state index contributed by atoms with van der Waals surface area (Å²) < 4.78 is 0. The molecule has 0 saturated carbocycles. The second kappa shape index (κ2) is 9.73. The number of aliphatic hydroxyl groups is 1. The van der Waals surface area contributed by atoms with Crippen molar-refractivity contribution in [3.8, 4) is 11.4 Å². The van der Waals surface area contributed by atoms with Gasteiger partial charge in [0, 0.05) is 17.3 Å². The number of aliphatic hydroxyl groups excluding tert-OH is 1. The number of hydrazine groups is 1. The maximum Gasteiger partial charge on any atom is 0.225 e. The number of rotatable bonds is 8. The first-order valence-corrected chi connectivity index (χ1v) is 9.87. The van der Waals surface area contributed by atoms with Gasteiger partial charge in [-0.1, -0.05) is 43.1 Å². The van der Waals surface area contributed by atoms with Crippen LogP contribution in [0.15, 0.2) is 48.7 Å². The normalized spacial score (nSPS) is 11.9. The Labute approximate surface area is 179 Å². The number of halogens is 2. The summed E-state index contributed by atoms with van der Waals surface area (Å²) >= 11 is 12.1. The first-order chi connectivity index (χ1) is 14.0. The first-order valence-electron chi connectivity index (χ1n) is 9.11. The summed E-state index contributed by atoms with van der Waals surface area (Å²) in [7, 11) is 0. The van der Waals surface area contributed by atoms with Gasteiger partial charge in [0.2, 0.25) is 5.95 Å². The first kappa shape index (κ1) is 21.1. The number of hydrogen-bond donors (Lipinski definition) is 4. The van der Waals surface area contributed by atoms with Gasteiger partial charge in [-0.15, -0.1) is 0 Å². The number of aromatic nitrogens is 3. The van der Waals surface area contributed by atoms with Gasteiger partial charge in [0.1, 0.15) is 0 Å². The zero-order valence-corrected chi connectivity index (χ0v) is 17.5. The molecule has 4 N–H and O–H groups in total. The number of nitrogens with zero attached hydrogens (tertiary/aromatic N) is 3. The molecule has 1 atom stereocenters. The van der Waals surface area contributed by atoms with Gasteiger partial charge in [-0.2, -0.15) is 4.98 Å². The van der Waals surface area contributed by atoms with Gasteiger partial charge in [0.05, 0.1) is 34.7 Å². The van der Waals surface area contributed by atoms with E-state index in [0.29, 0.717) is 38.9 Å². The summed E-state index contributed by atoms with van der Waals surface area (Å²) in [6.45, 7) is 4.00. The van der Waals surface area contributed by atoms with E-state index in [1.165, 1.54) is 0 Å². The summed E-state index contributed by atoms with van der Waals surface area (Å²) in [4.78, 5) is 13.4. The molecule has 29 heavy (non-hydrogen) atoms. The van der Waals surface area contributed by atoms with Crippen LogP contribution in [0.3, 0.4) is 0 Å². The summed E-state index contributed by atoms with van der Waals surface area (Å²) in [5.41, 5.74) is 8.05. The van der Waals surface area contributed by atoms with Crippen molar-refractivity contribution >= 4 is 40.7 Å². The van der Waals surface area contributed by atoms with Crippen LogP contribution in [0, 0.1) is 5.92 Å². The van der Waals surface area contributed by atoms with Crippen molar-refractivity contribution in [2.75, 3.05) is 22.8 Å². The Bertz CT molecular complexity index is 955. The highest BCUT2D eigenvalue weighted by molar-refractivity contribution is 6.36. The number of nitrogens with one attached hydrogen (secondary N) is 3. The molecule has 0 aliphatic rings. The molecule has 0 aliphatic carbocycles. The van der Waals surface area contributed by atoms with Crippen molar-refractivity contribution < 1.29 is 5.11 Å². The zero-order chi connectivity index (χ0) is 20.8. The maximum atomic E-state index is 9.63. The highest BCUT2D eigenvalue weighted by Crippen LogP contribution is 2.26. The third-order valence-electron chi connectivity index (χ3n) is 4.23. The Hall–Kier alpha value is -2.61. The van der Waals surface area contributed by atoms with E-state index in [4.69, 9.17) is 23.2 Å². The summed E-state index contributed by atoms with van der Waals surface area (Å²) in [5, 5.41) is 13.8. The van der Waals surface area contributed by atoms with E-state index in [0.717, 1.165) is 0 Å². The largest absolute Gasteiger partial charge is 0.394 e. The van der Waals surface area contributed by atoms with Gasteiger partial charge < -0.3 is 10.4 Å². The molecule has 0 fully saturated rings. The Morgan fingerprint density at radius 3 is 2.48 bits per heavy atom. The second-order valence-corrected chi connectivity index (χ2v) is 7.57. The van der Waals surface area contributed by atoms with Gasteiger partial charge in [-0.25, -0.2) is 4.98 Å². The third kappa shape index (κ3) is 5.69. The van der Waals surface area contributed by atoms with Crippen molar-refractivity contribution in [1.29, 1.82) is 0 Å². The maximum absolute atomic E-state index is 9.63. The lowest BCUT2D eigenvalue weighted by Gasteiger charge is -2.21. The van der Waals surface area contributed by atoms with Gasteiger partial charge in [0.15, 0.2) is 5.82 Å². The number of pyridine rings is 1. The van der Waals surface area contributed by atoms with E-state index < -0.39 is 0 Å². The van der Waals surface area contributed by atoms with Crippen molar-refractivity contribution in [3.05, 3.63) is 58.7 Å². The molecule has 3 aromatic rings. The number of hydrogen-bond acceptors (Lipinski definition) is 7. The van der Waals surface area contributed by atoms with Gasteiger partial charge >= 0.3 is 0 Å². The Morgan fingerprint density at radius 2 is 1.83 bits per heavy atom. The molecule has 7 nitrogen and oxygen atoms in total. The quantitative estimate of drug-likeness (QED) is 0.382. The SMILES string of the molecule is CC(C)[C@@H](CO)Nc1nc(NNc2ccc(Cl)cc2Cl)cc(-c2ccccn2)n1. The average molecular weight is 433 g/mol. The molecule has 152 valence electrons. The van der Waals surface area contributed by atoms with Crippen molar-refractivity contribution in [2.24, 2.45) is 5.92 Å². The van der Waals surface area contributed by atoms with Crippen molar-refractivity contribution in [1.82, 2.24) is 15.0 Å². The van der Waals surface area contributed by atoms with E-state index in [1.54, 1.807) is 30.5 Å². The molecule has 0 spiro atoms. The van der Waals surface area contributed by atoms with Gasteiger partial charge in [-0.05, 0) is 36.2 Å². The van der Waals surface area contributed by atoms with Gasteiger partial charge in [-0.3, -0.25) is 15.8 Å². The smallest absolute Gasteiger partial charge is 0.225 e. The summed E-state index contributed by atoms with van der Waals surface area (Å²) in [6.07, 6.45) is 1.70. The van der Waals surface area contributed by atoms with Crippen LogP contribution < -0.4 is 16.2 Å². The van der Waals surface area contributed by atoms with Crippen LogP contribution in [-0.4, -0.2) is 32.7 Å². The predicted molar refractivity (Wildman–Crippen MR) is 118 cm³/mol. The molecule has 2 aromatic heterocycles. The van der Waals surface area contributed by atoms with E-state index in [-0.39, 0.29) is 18.6 Å². The van der Waals surface area contributed by atoms with Crippen LogP contribution in [0.1, 0.15) is 13.8 Å². The molecular weight excluding hydrogens is 411 g/mol. The van der Waals surface area contributed by atoms with E-state index >= 15 is 0 Å². The van der Waals surface area contributed by atoms with Gasteiger partial charge in [0.25, 0.3) is 0 Å². The molecule has 0 saturated heterocycles. The van der Waals surface area contributed by atoms with Crippen LogP contribution in [-0.2, 0) is 0 Å². The summed E-state index contributed by atoms with van der Waals surface area (Å²) in [5.74, 6) is 1.09. The molecule has 0 radical (unpaired) electrons. The zero-order valence-electron chi connectivity index (χ0n) is 16.0. The minimum absolute atomic E-state index is 0.0315. The Kier molecular flexibility index (Phi) is 7.09. The highest BCUT2D eigenvalue weighted by atomic mass is 35.5. The van der Waals surface area contributed by atoms with E-state index in [1.807, 2.05) is 32.0 Å². The third-order valence-corrected chi connectivity index (χ3v) is 4.77. The fraction of sp³-hybridized carbons (Fsp3) is 0.250. The fourth-order valence-electron chi connectivity index (χ4n) is 2.53. The second-order valence-electron chi connectivity index (χ2n) is 6.73. The standard InChI is InChI=1S/C20H22Cl2N6O/c1-12(2)18(11-29)25-20-24-17(16-5-3-4-8-23-16)10-19(26-20)28-27-15-7-6-13(21)9-14(15)22/h3-10,12,18,27,29H,11H2,1-2H3,(H2,24,25,26,28)/t18-/m1/s1. The average Bonchev–Trinajstić information content (AvgIpc) is 2.71. The molecule has 9 heteroatoms. The molecule has 3 rings (SSSR count). The lowest BCUT2D eigenvalue weighted by atomic mass is 10.1. The Morgan fingerprint density at radius 1 is 1.00 bits per heavy atom. The molecule has 0 aliphatic heterocycles. The van der Waals surface area contributed by atoms with Crippen LogP contribution in [0.5, 0.6) is 0 Å². The molecule has 1 aromatic carbocycles. The molecule has 0 bridgehead atoms. The van der Waals surface area contributed by atoms with Crippen LogP contribution in [0.2, 0.25) is 10.0 Å². The van der Waals surface area contributed by atoms with Crippen molar-refractivity contribution in [2.45, 2.75) is 19.9 Å². The molecule has 2 heterocycles. The van der Waals surface area contributed by atoms with Crippen LogP contribution in [0.25, 0.3) is 11.4 Å². The Balaban J connectivity index is 1.89. The fourth-order valence-corrected chi connectivity index (χ4v) is 2.99. The van der Waals surface area contributed by atoms with Crippen molar-refractivity contribution in [3.63, 3.8) is 0 Å². The topological polar surface area (TPSA) is 95.0 Å². The van der Waals surface area contributed by atoms with Crippen LogP contribution >= 0.6 is 23.2 Å². The van der Waals surface area contributed by atoms with Crippen LogP contribution in [0.4, 0.5) is 17.5 Å². The molecular formula is C20H22Cl2N6O. The number of benzene rings is 1. The highest BCUT2D eigenvalue weighted by Gasteiger charge is 2.15. The lowest BCUT2D eigenvalue weighted by Crippen LogP contribution is -2.30. The number of anilines is 3. The predicted octanol–water partition coefficient (Wildman–Crippen LogP) is 4.71. The summed E-state index contributed by atoms with van der Waals surface area (Å²) in [6, 6.07) is 12.3. The minimum Gasteiger partial charge on any atom is -0.394 e. The minimum atomic E-state index is -0.180. The van der Waals surface area contributed by atoms with E-state index in [9.17, 15) is 5.11 Å².